The summed E-state index contributed by atoms with van der Waals surface area (Å²) in [5.41, 5.74) is 1.53. The van der Waals surface area contributed by atoms with Crippen LogP contribution in [-0.2, 0) is 11.3 Å². The topological polar surface area (TPSA) is 34.4 Å². The van der Waals surface area contributed by atoms with Gasteiger partial charge < -0.3 is 14.5 Å². The van der Waals surface area contributed by atoms with Crippen molar-refractivity contribution in [3.8, 4) is 0 Å². The molecule has 0 spiro atoms. The van der Waals surface area contributed by atoms with Gasteiger partial charge in [0.15, 0.2) is 5.05 Å². The Morgan fingerprint density at radius 2 is 2.32 bits per heavy atom. The largest absolute Gasteiger partial charge is 0.486 e. The molecule has 1 N–H and O–H groups in total. The second-order valence-electron chi connectivity index (χ2n) is 3.77. The summed E-state index contributed by atoms with van der Waals surface area (Å²) in [6, 6.07) is 7.27. The van der Waals surface area contributed by atoms with Crippen LogP contribution in [0.25, 0.3) is 0 Å². The van der Waals surface area contributed by atoms with Crippen LogP contribution in [0.4, 0.5) is 5.69 Å². The third kappa shape index (κ3) is 3.43. The van der Waals surface area contributed by atoms with E-state index in [-0.39, 0.29) is 0 Å². The second-order valence-corrected chi connectivity index (χ2v) is 5.03. The number of halogens is 1. The van der Waals surface area contributed by atoms with Gasteiger partial charge in [-0.15, -0.1) is 12.6 Å². The van der Waals surface area contributed by atoms with Crippen LogP contribution < -0.4 is 5.32 Å². The first-order chi connectivity index (χ1) is 9.11. The lowest BCUT2D eigenvalue weighted by Crippen LogP contribution is -2.07. The van der Waals surface area contributed by atoms with Crippen LogP contribution in [0.3, 0.4) is 0 Å². The van der Waals surface area contributed by atoms with E-state index >= 15 is 0 Å². The molecule has 1 aromatic carbocycles. The van der Waals surface area contributed by atoms with E-state index in [1.165, 1.54) is 7.11 Å². The van der Waals surface area contributed by atoms with Crippen LogP contribution >= 0.6 is 36.4 Å². The highest BCUT2D eigenvalue weighted by Crippen LogP contribution is 2.29. The summed E-state index contributed by atoms with van der Waals surface area (Å²) in [4.78, 5) is 0.652. The first kappa shape index (κ1) is 14.2. The van der Waals surface area contributed by atoms with Crippen LogP contribution in [0.5, 0.6) is 0 Å². The third-order valence-corrected chi connectivity index (χ3v) is 3.73. The van der Waals surface area contributed by atoms with Gasteiger partial charge >= 0.3 is 0 Å². The Morgan fingerprint density at radius 3 is 2.95 bits per heavy atom. The van der Waals surface area contributed by atoms with Gasteiger partial charge in [0.05, 0.1) is 30.5 Å². The number of ether oxygens (including phenoxy) is 1. The Morgan fingerprint density at radius 1 is 1.53 bits per heavy atom. The van der Waals surface area contributed by atoms with Crippen molar-refractivity contribution in [1.29, 1.82) is 0 Å². The van der Waals surface area contributed by atoms with Crippen LogP contribution in [0.1, 0.15) is 11.3 Å². The Hall–Kier alpha value is -1.17. The van der Waals surface area contributed by atoms with Crippen molar-refractivity contribution in [2.75, 3.05) is 12.4 Å². The van der Waals surface area contributed by atoms with Crippen molar-refractivity contribution >= 4 is 47.2 Å². The summed E-state index contributed by atoms with van der Waals surface area (Å²) in [6.07, 6.45) is 1.63. The van der Waals surface area contributed by atoms with E-state index in [1.807, 2.05) is 12.1 Å². The zero-order chi connectivity index (χ0) is 13.8. The molecule has 6 heteroatoms. The summed E-state index contributed by atoms with van der Waals surface area (Å²) < 4.78 is 10.4. The van der Waals surface area contributed by atoms with Gasteiger partial charge in [0, 0.05) is 10.6 Å². The van der Waals surface area contributed by atoms with Crippen molar-refractivity contribution in [3.05, 3.63) is 46.9 Å². The predicted octanol–water partition coefficient (Wildman–Crippen LogP) is 4.16. The van der Waals surface area contributed by atoms with Gasteiger partial charge in [0.2, 0.25) is 0 Å². The standard InChI is InChI=1S/C13H12ClNO2S2/c1-16-13(19)9-5-12(18)10(14)6-11(9)15-7-8-3-2-4-17-8/h2-6,15,18H,7H2,1H3. The zero-order valence-electron chi connectivity index (χ0n) is 10.1. The molecule has 2 aromatic rings. The quantitative estimate of drug-likeness (QED) is 0.656. The molecular formula is C13H12ClNO2S2. The molecule has 0 saturated carbocycles. The number of thiol groups is 1. The van der Waals surface area contributed by atoms with E-state index in [1.54, 1.807) is 18.4 Å². The number of methoxy groups -OCH3 is 1. The van der Waals surface area contributed by atoms with Crippen LogP contribution in [0.2, 0.25) is 5.02 Å². The number of rotatable bonds is 4. The van der Waals surface area contributed by atoms with Crippen LogP contribution in [-0.4, -0.2) is 12.2 Å². The number of benzene rings is 1. The lowest BCUT2D eigenvalue weighted by molar-refractivity contribution is 0.416. The fourth-order valence-electron chi connectivity index (χ4n) is 1.58. The normalized spacial score (nSPS) is 10.3. The molecule has 0 aliphatic rings. The highest BCUT2D eigenvalue weighted by molar-refractivity contribution is 7.80. The predicted molar refractivity (Wildman–Crippen MR) is 83.4 cm³/mol. The van der Waals surface area contributed by atoms with E-state index in [2.05, 4.69) is 17.9 Å². The SMILES string of the molecule is COC(=S)c1cc(S)c(Cl)cc1NCc1ccco1. The number of nitrogens with one attached hydrogen (secondary N) is 1. The molecule has 0 amide bonds. The molecule has 1 heterocycles. The minimum Gasteiger partial charge on any atom is -0.486 e. The first-order valence-electron chi connectivity index (χ1n) is 5.49. The number of hydrogen-bond acceptors (Lipinski definition) is 5. The monoisotopic (exact) mass is 313 g/mol. The Bertz CT molecular complexity index is 585. The molecule has 0 atom stereocenters. The molecule has 1 aromatic heterocycles. The summed E-state index contributed by atoms with van der Waals surface area (Å²) >= 11 is 15.5. The van der Waals surface area contributed by atoms with Gasteiger partial charge in [0.1, 0.15) is 5.76 Å². The van der Waals surface area contributed by atoms with Gasteiger partial charge in [0.25, 0.3) is 0 Å². The van der Waals surface area contributed by atoms with Crippen molar-refractivity contribution in [3.63, 3.8) is 0 Å². The Kier molecular flexibility index (Phi) is 4.74. The number of thiocarbonyl (C=S) groups is 1. The molecule has 100 valence electrons. The van der Waals surface area contributed by atoms with Crippen molar-refractivity contribution in [2.45, 2.75) is 11.4 Å². The van der Waals surface area contributed by atoms with Gasteiger partial charge in [-0.05, 0) is 36.5 Å². The number of hydrogen-bond donors (Lipinski definition) is 2. The maximum absolute atomic E-state index is 6.07. The molecule has 0 aliphatic heterocycles. The highest BCUT2D eigenvalue weighted by atomic mass is 35.5. The Balaban J connectivity index is 2.26. The van der Waals surface area contributed by atoms with Gasteiger partial charge in [-0.3, -0.25) is 0 Å². The molecule has 0 radical (unpaired) electrons. The van der Waals surface area contributed by atoms with Crippen molar-refractivity contribution in [2.24, 2.45) is 0 Å². The summed E-state index contributed by atoms with van der Waals surface area (Å²) in [5.74, 6) is 0.820. The van der Waals surface area contributed by atoms with Crippen molar-refractivity contribution in [1.82, 2.24) is 0 Å². The van der Waals surface area contributed by atoms with E-state index in [4.69, 9.17) is 33.0 Å². The average molecular weight is 314 g/mol. The maximum Gasteiger partial charge on any atom is 0.193 e. The number of anilines is 1. The molecule has 0 fully saturated rings. The van der Waals surface area contributed by atoms with Crippen LogP contribution in [0.15, 0.2) is 39.8 Å². The summed E-state index contributed by atoms with van der Waals surface area (Å²) in [5, 5.41) is 4.15. The van der Waals surface area contributed by atoms with E-state index in [9.17, 15) is 0 Å². The molecule has 3 nitrogen and oxygen atoms in total. The molecular weight excluding hydrogens is 302 g/mol. The summed E-state index contributed by atoms with van der Waals surface area (Å²) in [6.45, 7) is 0.536. The molecule has 0 unspecified atom stereocenters. The molecule has 0 bridgehead atoms. The third-order valence-electron chi connectivity index (χ3n) is 2.53. The minimum absolute atomic E-state index is 0.383. The molecule has 19 heavy (non-hydrogen) atoms. The molecule has 0 aliphatic carbocycles. The maximum atomic E-state index is 6.07. The average Bonchev–Trinajstić information content (AvgIpc) is 2.92. The smallest absolute Gasteiger partial charge is 0.193 e. The zero-order valence-corrected chi connectivity index (χ0v) is 12.6. The van der Waals surface area contributed by atoms with Gasteiger partial charge in [-0.2, -0.15) is 0 Å². The van der Waals surface area contributed by atoms with Crippen molar-refractivity contribution < 1.29 is 9.15 Å². The lowest BCUT2D eigenvalue weighted by atomic mass is 10.2. The highest BCUT2D eigenvalue weighted by Gasteiger charge is 2.12. The van der Waals surface area contributed by atoms with E-state index in [0.717, 1.165) is 17.0 Å². The summed E-state index contributed by atoms with van der Waals surface area (Å²) in [7, 11) is 1.53. The molecule has 2 rings (SSSR count). The Labute approximate surface area is 127 Å². The minimum atomic E-state index is 0.383. The fourth-order valence-corrected chi connectivity index (χ4v) is 2.11. The molecule has 0 saturated heterocycles. The lowest BCUT2D eigenvalue weighted by Gasteiger charge is -2.13. The van der Waals surface area contributed by atoms with Crippen LogP contribution in [0, 0.1) is 0 Å². The van der Waals surface area contributed by atoms with E-state index in [0.29, 0.717) is 21.5 Å². The second kappa shape index (κ2) is 6.32. The first-order valence-corrected chi connectivity index (χ1v) is 6.72. The van der Waals surface area contributed by atoms with Gasteiger partial charge in [-0.1, -0.05) is 11.6 Å². The number of furan rings is 1. The fraction of sp³-hybridized carbons (Fsp3) is 0.154. The van der Waals surface area contributed by atoms with E-state index < -0.39 is 0 Å². The van der Waals surface area contributed by atoms with Gasteiger partial charge in [-0.25, -0.2) is 0 Å².